The number of nitrogens with one attached hydrogen (secondary N) is 1. The average Bonchev–Trinajstić information content (AvgIpc) is 2.56. The van der Waals surface area contributed by atoms with Crippen molar-refractivity contribution in [3.05, 3.63) is 18.2 Å². The Bertz CT molecular complexity index is 563. The summed E-state index contributed by atoms with van der Waals surface area (Å²) < 4.78 is 11.1. The van der Waals surface area contributed by atoms with Crippen LogP contribution in [0.25, 0.3) is 0 Å². The van der Waals surface area contributed by atoms with E-state index in [0.29, 0.717) is 25.2 Å². The normalized spacial score (nSPS) is 24.8. The van der Waals surface area contributed by atoms with Crippen LogP contribution >= 0.6 is 11.8 Å². The van der Waals surface area contributed by atoms with Crippen LogP contribution in [0.2, 0.25) is 0 Å². The number of carbonyl (C=O) groups is 1. The van der Waals surface area contributed by atoms with Crippen LogP contribution in [0.1, 0.15) is 39.5 Å². The van der Waals surface area contributed by atoms with Gasteiger partial charge in [0.1, 0.15) is 13.2 Å². The Hall–Kier alpha value is -1.36. The van der Waals surface area contributed by atoms with Crippen LogP contribution in [-0.4, -0.2) is 30.4 Å². The maximum Gasteiger partial charge on any atom is 0.233 e. The van der Waals surface area contributed by atoms with Gasteiger partial charge in [0.05, 0.1) is 5.25 Å². The maximum atomic E-state index is 12.5. The molecule has 3 unspecified atom stereocenters. The fourth-order valence-electron chi connectivity index (χ4n) is 3.19. The zero-order chi connectivity index (χ0) is 16.2. The quantitative estimate of drug-likeness (QED) is 0.854. The Labute approximate surface area is 142 Å². The molecule has 1 aliphatic carbocycles. The van der Waals surface area contributed by atoms with Crippen LogP contribution in [-0.2, 0) is 4.79 Å². The maximum absolute atomic E-state index is 12.5. The van der Waals surface area contributed by atoms with E-state index in [4.69, 9.17) is 9.47 Å². The Kier molecular flexibility index (Phi) is 5.36. The third-order valence-corrected chi connectivity index (χ3v) is 5.73. The van der Waals surface area contributed by atoms with E-state index >= 15 is 0 Å². The molecule has 0 spiro atoms. The Balaban J connectivity index is 1.57. The number of fused-ring (bicyclic) bond motifs is 1. The monoisotopic (exact) mass is 335 g/mol. The summed E-state index contributed by atoms with van der Waals surface area (Å²) in [7, 11) is 0. The van der Waals surface area contributed by atoms with Crippen LogP contribution in [0.4, 0.5) is 0 Å². The van der Waals surface area contributed by atoms with Gasteiger partial charge in [-0.3, -0.25) is 4.79 Å². The lowest BCUT2D eigenvalue weighted by atomic mass is 9.86. The molecule has 1 N–H and O–H groups in total. The smallest absolute Gasteiger partial charge is 0.233 e. The topological polar surface area (TPSA) is 47.6 Å². The van der Waals surface area contributed by atoms with Gasteiger partial charge >= 0.3 is 0 Å². The highest BCUT2D eigenvalue weighted by atomic mass is 32.2. The van der Waals surface area contributed by atoms with Crippen LogP contribution in [0.15, 0.2) is 23.1 Å². The summed E-state index contributed by atoms with van der Waals surface area (Å²) in [6.07, 6.45) is 4.83. The molecular formula is C18H25NO3S. The summed E-state index contributed by atoms with van der Waals surface area (Å²) >= 11 is 1.57. The lowest BCUT2D eigenvalue weighted by Gasteiger charge is -2.30. The summed E-state index contributed by atoms with van der Waals surface area (Å²) in [6, 6.07) is 6.21. The Morgan fingerprint density at radius 1 is 1.22 bits per heavy atom. The molecule has 1 aromatic rings. The SMILES string of the molecule is CC(Sc1ccc2c(c1)OCCO2)C(=O)NC1CCCCC1C. The number of rotatable bonds is 4. The van der Waals surface area contributed by atoms with Gasteiger partial charge in [0, 0.05) is 10.9 Å². The number of hydrogen-bond donors (Lipinski definition) is 1. The first-order valence-electron chi connectivity index (χ1n) is 8.50. The summed E-state index contributed by atoms with van der Waals surface area (Å²) in [5.41, 5.74) is 0. The minimum absolute atomic E-state index is 0.119. The summed E-state index contributed by atoms with van der Waals surface area (Å²) in [6.45, 7) is 5.38. The van der Waals surface area contributed by atoms with E-state index in [0.717, 1.165) is 22.8 Å². The zero-order valence-electron chi connectivity index (χ0n) is 13.8. The first kappa shape index (κ1) is 16.5. The molecule has 0 aromatic heterocycles. The van der Waals surface area contributed by atoms with Crippen LogP contribution < -0.4 is 14.8 Å². The molecule has 0 bridgehead atoms. The van der Waals surface area contributed by atoms with Crippen molar-refractivity contribution in [2.24, 2.45) is 5.92 Å². The molecular weight excluding hydrogens is 310 g/mol. The molecule has 3 rings (SSSR count). The first-order valence-corrected chi connectivity index (χ1v) is 9.38. The first-order chi connectivity index (χ1) is 11.1. The number of hydrogen-bond acceptors (Lipinski definition) is 4. The molecule has 0 radical (unpaired) electrons. The molecule has 5 heteroatoms. The molecule has 1 amide bonds. The van der Waals surface area contributed by atoms with Crippen molar-refractivity contribution in [2.75, 3.05) is 13.2 Å². The summed E-state index contributed by atoms with van der Waals surface area (Å²) in [5.74, 6) is 2.27. The molecule has 23 heavy (non-hydrogen) atoms. The van der Waals surface area contributed by atoms with Crippen molar-refractivity contribution in [1.29, 1.82) is 0 Å². The molecule has 4 nitrogen and oxygen atoms in total. The molecule has 1 aromatic carbocycles. The number of amides is 1. The fourth-order valence-corrected chi connectivity index (χ4v) is 4.09. The van der Waals surface area contributed by atoms with Gasteiger partial charge in [0.2, 0.25) is 5.91 Å². The van der Waals surface area contributed by atoms with E-state index in [9.17, 15) is 4.79 Å². The largest absolute Gasteiger partial charge is 0.486 e. The van der Waals surface area contributed by atoms with Gasteiger partial charge in [0.25, 0.3) is 0 Å². The van der Waals surface area contributed by atoms with E-state index in [1.165, 1.54) is 19.3 Å². The summed E-state index contributed by atoms with van der Waals surface area (Å²) in [5, 5.41) is 3.12. The van der Waals surface area contributed by atoms with Crippen LogP contribution in [0, 0.1) is 5.92 Å². The molecule has 1 fully saturated rings. The number of ether oxygens (including phenoxy) is 2. The lowest BCUT2D eigenvalue weighted by molar-refractivity contribution is -0.121. The molecule has 2 aliphatic rings. The van der Waals surface area contributed by atoms with Crippen molar-refractivity contribution in [1.82, 2.24) is 5.32 Å². The van der Waals surface area contributed by atoms with Gasteiger partial charge in [-0.15, -0.1) is 11.8 Å². The molecule has 3 atom stereocenters. The highest BCUT2D eigenvalue weighted by Gasteiger charge is 2.25. The van der Waals surface area contributed by atoms with Crippen LogP contribution in [0.3, 0.4) is 0 Å². The van der Waals surface area contributed by atoms with Gasteiger partial charge in [0.15, 0.2) is 11.5 Å². The minimum atomic E-state index is -0.119. The third-order valence-electron chi connectivity index (χ3n) is 4.63. The fraction of sp³-hybridized carbons (Fsp3) is 0.611. The second-order valence-corrected chi connectivity index (χ2v) is 7.86. The van der Waals surface area contributed by atoms with E-state index < -0.39 is 0 Å². The van der Waals surface area contributed by atoms with E-state index in [-0.39, 0.29) is 11.2 Å². The molecule has 126 valence electrons. The highest BCUT2D eigenvalue weighted by Crippen LogP contribution is 2.35. The summed E-state index contributed by atoms with van der Waals surface area (Å²) in [4.78, 5) is 13.5. The standard InChI is InChI=1S/C18H25NO3S/c1-12-5-3-4-6-15(12)19-18(20)13(2)23-14-7-8-16-17(11-14)22-10-9-21-16/h7-8,11-13,15H,3-6,9-10H2,1-2H3,(H,19,20). The lowest BCUT2D eigenvalue weighted by Crippen LogP contribution is -2.44. The van der Waals surface area contributed by atoms with E-state index in [2.05, 4.69) is 12.2 Å². The number of carbonyl (C=O) groups excluding carboxylic acids is 1. The van der Waals surface area contributed by atoms with Gasteiger partial charge in [-0.2, -0.15) is 0 Å². The van der Waals surface area contributed by atoms with Gasteiger partial charge in [-0.05, 0) is 43.9 Å². The predicted molar refractivity (Wildman–Crippen MR) is 92.3 cm³/mol. The zero-order valence-corrected chi connectivity index (χ0v) is 14.7. The second kappa shape index (κ2) is 7.47. The van der Waals surface area contributed by atoms with Crippen molar-refractivity contribution in [2.45, 2.75) is 55.7 Å². The Morgan fingerprint density at radius 3 is 2.74 bits per heavy atom. The number of thioether (sulfide) groups is 1. The highest BCUT2D eigenvalue weighted by molar-refractivity contribution is 8.00. The van der Waals surface area contributed by atoms with E-state index in [1.807, 2.05) is 25.1 Å². The van der Waals surface area contributed by atoms with Crippen LogP contribution in [0.5, 0.6) is 11.5 Å². The molecule has 1 aliphatic heterocycles. The third kappa shape index (κ3) is 4.14. The van der Waals surface area contributed by atoms with Crippen molar-refractivity contribution >= 4 is 17.7 Å². The predicted octanol–water partition coefficient (Wildman–Crippen LogP) is 3.63. The van der Waals surface area contributed by atoms with Gasteiger partial charge in [-0.25, -0.2) is 0 Å². The number of benzene rings is 1. The van der Waals surface area contributed by atoms with Crippen molar-refractivity contribution < 1.29 is 14.3 Å². The van der Waals surface area contributed by atoms with Crippen molar-refractivity contribution in [3.8, 4) is 11.5 Å². The minimum Gasteiger partial charge on any atom is -0.486 e. The molecule has 1 saturated carbocycles. The van der Waals surface area contributed by atoms with E-state index in [1.54, 1.807) is 11.8 Å². The molecule has 0 saturated heterocycles. The van der Waals surface area contributed by atoms with Gasteiger partial charge < -0.3 is 14.8 Å². The average molecular weight is 335 g/mol. The second-order valence-electron chi connectivity index (χ2n) is 6.44. The van der Waals surface area contributed by atoms with Crippen molar-refractivity contribution in [3.63, 3.8) is 0 Å². The molecule has 1 heterocycles. The van der Waals surface area contributed by atoms with Gasteiger partial charge in [-0.1, -0.05) is 19.8 Å². The Morgan fingerprint density at radius 2 is 1.96 bits per heavy atom.